The molecule has 0 bridgehead atoms. The van der Waals surface area contributed by atoms with Crippen LogP contribution < -0.4 is 9.30 Å². The van der Waals surface area contributed by atoms with Crippen LogP contribution in [0.4, 0.5) is 0 Å². The first-order valence-corrected chi connectivity index (χ1v) is 20.3. The van der Waals surface area contributed by atoms with Crippen molar-refractivity contribution >= 4 is 21.8 Å². The molecule has 5 nitrogen and oxygen atoms in total. The smallest absolute Gasteiger partial charge is 0.267 e. The maximum Gasteiger partial charge on any atom is 0.267 e. The monoisotopic (exact) mass is 963 g/mol. The van der Waals surface area contributed by atoms with Crippen molar-refractivity contribution in [3.8, 4) is 28.7 Å². The molecule has 0 amide bonds. The van der Waals surface area contributed by atoms with E-state index in [4.69, 9.17) is 9.72 Å². The van der Waals surface area contributed by atoms with Crippen LogP contribution >= 0.6 is 0 Å². The van der Waals surface area contributed by atoms with Crippen LogP contribution in [-0.2, 0) is 37.3 Å². The number of fused-ring (bicyclic) bond motifs is 3. The zero-order valence-corrected chi connectivity index (χ0v) is 37.4. The third-order valence-electron chi connectivity index (χ3n) is 11.9. The molecule has 0 aliphatic carbocycles. The zero-order valence-electron chi connectivity index (χ0n) is 35.1. The van der Waals surface area contributed by atoms with Gasteiger partial charge in [0.25, 0.3) is 6.33 Å². The van der Waals surface area contributed by atoms with E-state index in [2.05, 4.69) is 193 Å². The Morgan fingerprint density at radius 2 is 1.22 bits per heavy atom. The van der Waals surface area contributed by atoms with Gasteiger partial charge in [-0.15, -0.1) is 29.7 Å². The Bertz CT molecular complexity index is 2950. The SMILES string of the molecule is CC(C)(C)c1cccc(-[n+]2[c-]n(-c3[c-]c(Oc4[c-]c5c(cc4)c4cc(C(C)(C)c6ccccc6)ccc4n5-c4cc(C(C)(C)c5ccccc5)ccn4)ccc3)cc2)c1.[Pt]. The number of nitrogens with zero attached hydrogens (tertiary/aromatic N) is 4. The number of benzene rings is 6. The Hall–Kier alpha value is -6.03. The Morgan fingerprint density at radius 3 is 1.92 bits per heavy atom. The molecule has 3 heterocycles. The molecule has 3 aromatic heterocycles. The van der Waals surface area contributed by atoms with E-state index in [-0.39, 0.29) is 37.3 Å². The van der Waals surface area contributed by atoms with Crippen LogP contribution in [0.5, 0.6) is 11.5 Å². The van der Waals surface area contributed by atoms with Crippen LogP contribution in [0, 0.1) is 18.5 Å². The topological polar surface area (TPSA) is 35.9 Å². The van der Waals surface area contributed by atoms with Crippen molar-refractivity contribution < 1.29 is 30.4 Å². The predicted molar refractivity (Wildman–Crippen MR) is 238 cm³/mol. The Kier molecular flexibility index (Phi) is 10.8. The molecule has 0 N–H and O–H groups in total. The van der Waals surface area contributed by atoms with E-state index in [0.717, 1.165) is 39.0 Å². The number of ether oxygens (including phenoxy) is 1. The normalized spacial score (nSPS) is 12.1. The van der Waals surface area contributed by atoms with Gasteiger partial charge in [-0.3, -0.25) is 4.57 Å². The summed E-state index contributed by atoms with van der Waals surface area (Å²) in [6.45, 7) is 15.8. The van der Waals surface area contributed by atoms with E-state index in [9.17, 15) is 0 Å². The minimum absolute atomic E-state index is 0. The molecule has 0 saturated heterocycles. The van der Waals surface area contributed by atoms with Crippen molar-refractivity contribution in [2.45, 2.75) is 64.7 Å². The molecule has 0 spiro atoms. The van der Waals surface area contributed by atoms with Gasteiger partial charge in [-0.25, -0.2) is 4.98 Å². The van der Waals surface area contributed by atoms with E-state index in [0.29, 0.717) is 11.5 Å². The summed E-state index contributed by atoms with van der Waals surface area (Å²) >= 11 is 0. The van der Waals surface area contributed by atoms with Gasteiger partial charge in [-0.2, -0.15) is 18.2 Å². The Morgan fingerprint density at radius 1 is 0.567 bits per heavy atom. The number of aromatic nitrogens is 4. The molecule has 0 radical (unpaired) electrons. The summed E-state index contributed by atoms with van der Waals surface area (Å²) in [4.78, 5) is 5.00. The summed E-state index contributed by atoms with van der Waals surface area (Å²) in [5.41, 5.74) is 9.62. The second-order valence-electron chi connectivity index (χ2n) is 17.5. The first-order chi connectivity index (χ1) is 28.4. The molecule has 6 heteroatoms. The Balaban J connectivity index is 0.00000499. The molecule has 60 heavy (non-hydrogen) atoms. The first-order valence-electron chi connectivity index (χ1n) is 20.3. The van der Waals surface area contributed by atoms with E-state index < -0.39 is 0 Å². The van der Waals surface area contributed by atoms with E-state index in [1.165, 1.54) is 27.8 Å². The predicted octanol–water partition coefficient (Wildman–Crippen LogP) is 12.4. The number of hydrogen-bond acceptors (Lipinski definition) is 2. The van der Waals surface area contributed by atoms with Crippen LogP contribution in [0.1, 0.15) is 76.3 Å². The molecule has 0 aliphatic rings. The van der Waals surface area contributed by atoms with Crippen LogP contribution in [-0.4, -0.2) is 14.1 Å². The van der Waals surface area contributed by atoms with Crippen LogP contribution in [0.2, 0.25) is 0 Å². The van der Waals surface area contributed by atoms with Crippen molar-refractivity contribution in [2.24, 2.45) is 0 Å². The number of pyridine rings is 1. The summed E-state index contributed by atoms with van der Waals surface area (Å²) in [5.74, 6) is 2.00. The first kappa shape index (κ1) is 40.7. The van der Waals surface area contributed by atoms with Crippen molar-refractivity contribution in [1.29, 1.82) is 0 Å². The van der Waals surface area contributed by atoms with Gasteiger partial charge in [0.1, 0.15) is 5.82 Å². The molecular weight excluding hydrogens is 916 g/mol. The second kappa shape index (κ2) is 15.9. The van der Waals surface area contributed by atoms with Crippen LogP contribution in [0.25, 0.3) is 39.0 Å². The minimum atomic E-state index is -0.240. The van der Waals surface area contributed by atoms with Gasteiger partial charge in [0.2, 0.25) is 0 Å². The second-order valence-corrected chi connectivity index (χ2v) is 17.5. The molecule has 0 unspecified atom stereocenters. The van der Waals surface area contributed by atoms with Gasteiger partial charge in [-0.05, 0) is 74.6 Å². The summed E-state index contributed by atoms with van der Waals surface area (Å²) in [5, 5.41) is 2.21. The van der Waals surface area contributed by atoms with Gasteiger partial charge in [0.15, 0.2) is 0 Å². The minimum Gasteiger partial charge on any atom is -0.510 e. The molecule has 0 atom stereocenters. The van der Waals surface area contributed by atoms with E-state index in [1.54, 1.807) is 0 Å². The third kappa shape index (κ3) is 7.64. The molecule has 0 fully saturated rings. The zero-order chi connectivity index (χ0) is 40.9. The maximum atomic E-state index is 6.57. The summed E-state index contributed by atoms with van der Waals surface area (Å²) in [6.07, 6.45) is 9.38. The molecule has 0 aliphatic heterocycles. The maximum absolute atomic E-state index is 6.57. The van der Waals surface area contributed by atoms with E-state index >= 15 is 0 Å². The fraction of sp³-hybridized carbons (Fsp3) is 0.185. The summed E-state index contributed by atoms with van der Waals surface area (Å²) in [6, 6.07) is 58.3. The number of hydrogen-bond donors (Lipinski definition) is 0. The fourth-order valence-electron chi connectivity index (χ4n) is 8.05. The van der Waals surface area contributed by atoms with Crippen molar-refractivity contribution in [3.63, 3.8) is 0 Å². The van der Waals surface area contributed by atoms with E-state index in [1.807, 2.05) is 52.0 Å². The number of imidazole rings is 1. The van der Waals surface area contributed by atoms with Crippen LogP contribution in [0.3, 0.4) is 0 Å². The van der Waals surface area contributed by atoms with Crippen molar-refractivity contribution in [3.05, 3.63) is 210 Å². The fourth-order valence-corrected chi connectivity index (χ4v) is 8.05. The van der Waals surface area contributed by atoms with Gasteiger partial charge < -0.3 is 13.9 Å². The quantitative estimate of drug-likeness (QED) is 0.107. The molecule has 6 aromatic carbocycles. The molecular formula is C54H48N4OPt-2. The molecule has 9 aromatic rings. The average Bonchev–Trinajstić information content (AvgIpc) is 3.88. The largest absolute Gasteiger partial charge is 0.510 e. The average molecular weight is 964 g/mol. The van der Waals surface area contributed by atoms with Crippen molar-refractivity contribution in [1.82, 2.24) is 14.1 Å². The number of rotatable bonds is 9. The van der Waals surface area contributed by atoms with Crippen molar-refractivity contribution in [2.75, 3.05) is 0 Å². The molecule has 302 valence electrons. The molecule has 9 rings (SSSR count). The Labute approximate surface area is 368 Å². The van der Waals surface area contributed by atoms with Gasteiger partial charge >= 0.3 is 0 Å². The van der Waals surface area contributed by atoms with Crippen LogP contribution in [0.15, 0.2) is 164 Å². The van der Waals surface area contributed by atoms with Gasteiger partial charge in [0, 0.05) is 67.5 Å². The third-order valence-corrected chi connectivity index (χ3v) is 11.9. The van der Waals surface area contributed by atoms with Gasteiger partial charge in [-0.1, -0.05) is 139 Å². The van der Waals surface area contributed by atoms with Gasteiger partial charge in [0.05, 0.1) is 5.69 Å². The standard InChI is InChI=1S/C54H48N4O.Pt/c1-52(2,3)40-20-14-21-43(32-40)56-30-31-57(37-56)44-22-15-23-45(35-44)59-46-25-26-47-48-33-41(53(4,5)38-16-10-8-11-17-38)24-27-49(48)58(50(47)36-46)51-34-42(28-29-55-51)54(6,7)39-18-12-9-13-19-39;/h8-34H,1-7H3;/q-2;. The summed E-state index contributed by atoms with van der Waals surface area (Å²) < 4.78 is 12.7. The summed E-state index contributed by atoms with van der Waals surface area (Å²) in [7, 11) is 0. The molecule has 0 saturated carbocycles.